The summed E-state index contributed by atoms with van der Waals surface area (Å²) < 4.78 is 25.7. The zero-order chi connectivity index (χ0) is 15.3. The molecule has 22 heavy (non-hydrogen) atoms. The van der Waals surface area contributed by atoms with Crippen LogP contribution in [-0.4, -0.2) is 34.2 Å². The Morgan fingerprint density at radius 2 is 1.91 bits per heavy atom. The molecule has 112 valence electrons. The van der Waals surface area contributed by atoms with Crippen molar-refractivity contribution in [3.8, 4) is 11.4 Å². The summed E-state index contributed by atoms with van der Waals surface area (Å²) in [6, 6.07) is 5.45. The molecule has 0 amide bonds. The topological polar surface area (TPSA) is 77.7 Å². The summed E-state index contributed by atoms with van der Waals surface area (Å²) in [5, 5.41) is 0. The van der Waals surface area contributed by atoms with E-state index in [0.29, 0.717) is 10.9 Å². The fraction of sp³-hybridized carbons (Fsp3) is 0.267. The van der Waals surface area contributed by atoms with Gasteiger partial charge in [0.1, 0.15) is 12.2 Å². The van der Waals surface area contributed by atoms with Crippen molar-refractivity contribution < 1.29 is 8.42 Å². The van der Waals surface area contributed by atoms with Crippen LogP contribution in [-0.2, 0) is 9.84 Å². The molecule has 1 aliphatic carbocycles. The molecule has 0 unspecified atom stereocenters. The molecule has 0 N–H and O–H groups in total. The molecule has 0 saturated heterocycles. The number of aromatic nitrogens is 4. The lowest BCUT2D eigenvalue weighted by Crippen LogP contribution is -2.00. The van der Waals surface area contributed by atoms with Gasteiger partial charge in [-0.15, -0.1) is 0 Å². The number of rotatable bonds is 3. The molecule has 1 fully saturated rings. The highest BCUT2D eigenvalue weighted by Crippen LogP contribution is 2.41. The molecular formula is C15H14N4O2S. The van der Waals surface area contributed by atoms with Gasteiger partial charge in [-0.05, 0) is 31.0 Å². The third-order valence-corrected chi connectivity index (χ3v) is 4.93. The van der Waals surface area contributed by atoms with E-state index in [1.54, 1.807) is 30.6 Å². The van der Waals surface area contributed by atoms with E-state index in [9.17, 15) is 8.42 Å². The molecular weight excluding hydrogens is 300 g/mol. The number of hydrogen-bond acceptors (Lipinski definition) is 5. The van der Waals surface area contributed by atoms with Gasteiger partial charge in [-0.1, -0.05) is 0 Å². The molecule has 6 nitrogen and oxygen atoms in total. The molecule has 1 aromatic carbocycles. The predicted octanol–water partition coefficient (Wildman–Crippen LogP) is 2.23. The largest absolute Gasteiger partial charge is 0.321 e. The highest BCUT2D eigenvalue weighted by Gasteiger charge is 2.29. The van der Waals surface area contributed by atoms with Crippen molar-refractivity contribution in [3.05, 3.63) is 36.9 Å². The predicted molar refractivity (Wildman–Crippen MR) is 82.1 cm³/mol. The molecule has 3 aromatic rings. The summed E-state index contributed by atoms with van der Waals surface area (Å²) in [4.78, 5) is 13.1. The first-order chi connectivity index (χ1) is 10.5. The second-order valence-electron chi connectivity index (χ2n) is 5.59. The zero-order valence-corrected chi connectivity index (χ0v) is 12.8. The molecule has 0 bridgehead atoms. The molecule has 0 atom stereocenters. The Labute approximate surface area is 127 Å². The minimum Gasteiger partial charge on any atom is -0.321 e. The van der Waals surface area contributed by atoms with E-state index in [2.05, 4.69) is 19.5 Å². The van der Waals surface area contributed by atoms with E-state index < -0.39 is 9.84 Å². The Kier molecular flexibility index (Phi) is 2.80. The van der Waals surface area contributed by atoms with Crippen molar-refractivity contribution in [1.82, 2.24) is 19.5 Å². The smallest absolute Gasteiger partial charge is 0.175 e. The van der Waals surface area contributed by atoms with E-state index in [1.165, 1.54) is 12.6 Å². The lowest BCUT2D eigenvalue weighted by Gasteiger charge is -2.07. The maximum Gasteiger partial charge on any atom is 0.175 e. The first-order valence-electron chi connectivity index (χ1n) is 7.01. The summed E-state index contributed by atoms with van der Waals surface area (Å²) in [5.74, 6) is 0.795. The monoisotopic (exact) mass is 314 g/mol. The Morgan fingerprint density at radius 3 is 2.55 bits per heavy atom. The molecule has 2 aromatic heterocycles. The van der Waals surface area contributed by atoms with E-state index >= 15 is 0 Å². The minimum absolute atomic E-state index is 0.317. The summed E-state index contributed by atoms with van der Waals surface area (Å²) in [5.41, 5.74) is 2.48. The van der Waals surface area contributed by atoms with E-state index in [0.717, 1.165) is 35.3 Å². The molecule has 4 rings (SSSR count). The number of benzene rings is 1. The van der Waals surface area contributed by atoms with E-state index in [4.69, 9.17) is 0 Å². The zero-order valence-electron chi connectivity index (χ0n) is 12.0. The van der Waals surface area contributed by atoms with Crippen LogP contribution in [0.3, 0.4) is 0 Å². The van der Waals surface area contributed by atoms with Crippen LogP contribution in [0.15, 0.2) is 41.8 Å². The van der Waals surface area contributed by atoms with Gasteiger partial charge in [0, 0.05) is 24.7 Å². The Hall–Kier alpha value is -2.28. The van der Waals surface area contributed by atoms with Crippen LogP contribution >= 0.6 is 0 Å². The van der Waals surface area contributed by atoms with Crippen molar-refractivity contribution in [3.63, 3.8) is 0 Å². The highest BCUT2D eigenvalue weighted by atomic mass is 32.2. The van der Waals surface area contributed by atoms with Crippen LogP contribution in [0.2, 0.25) is 0 Å². The van der Waals surface area contributed by atoms with Crippen molar-refractivity contribution in [2.24, 2.45) is 0 Å². The Balaban J connectivity index is 2.01. The maximum atomic E-state index is 11.8. The van der Waals surface area contributed by atoms with Gasteiger partial charge in [0.2, 0.25) is 0 Å². The van der Waals surface area contributed by atoms with Crippen molar-refractivity contribution in [1.29, 1.82) is 0 Å². The van der Waals surface area contributed by atoms with Crippen LogP contribution in [0.4, 0.5) is 0 Å². The van der Waals surface area contributed by atoms with Crippen LogP contribution in [0.25, 0.3) is 22.4 Å². The van der Waals surface area contributed by atoms with Gasteiger partial charge in [0.15, 0.2) is 9.84 Å². The van der Waals surface area contributed by atoms with Gasteiger partial charge in [-0.3, -0.25) is 0 Å². The first kappa shape index (κ1) is 13.4. The van der Waals surface area contributed by atoms with Crippen molar-refractivity contribution in [2.45, 2.75) is 23.8 Å². The molecule has 2 heterocycles. The molecule has 7 heteroatoms. The summed E-state index contributed by atoms with van der Waals surface area (Å²) in [6.45, 7) is 0. The van der Waals surface area contributed by atoms with Gasteiger partial charge in [-0.25, -0.2) is 23.4 Å². The van der Waals surface area contributed by atoms with Gasteiger partial charge in [-0.2, -0.15) is 0 Å². The van der Waals surface area contributed by atoms with Gasteiger partial charge < -0.3 is 4.57 Å². The fourth-order valence-electron chi connectivity index (χ4n) is 2.62. The third-order valence-electron chi connectivity index (χ3n) is 3.82. The van der Waals surface area contributed by atoms with Gasteiger partial charge >= 0.3 is 0 Å². The molecule has 0 aliphatic heterocycles. The Morgan fingerprint density at radius 1 is 1.18 bits per heavy atom. The third kappa shape index (κ3) is 2.18. The second-order valence-corrected chi connectivity index (χ2v) is 7.60. The second kappa shape index (κ2) is 4.61. The standard InChI is InChI=1S/C15H14N4O2S/c1-22(20,21)12-4-5-13-14(6-12)19(11-2-3-11)15(18-13)10-7-16-9-17-8-10/h4-9,11H,2-3H2,1H3. The van der Waals surface area contributed by atoms with Crippen molar-refractivity contribution in [2.75, 3.05) is 6.26 Å². The highest BCUT2D eigenvalue weighted by molar-refractivity contribution is 7.90. The number of hydrogen-bond donors (Lipinski definition) is 0. The normalized spacial score (nSPS) is 15.3. The number of fused-ring (bicyclic) bond motifs is 1. The Bertz CT molecular complexity index is 960. The lowest BCUT2D eigenvalue weighted by atomic mass is 10.3. The average molecular weight is 314 g/mol. The van der Waals surface area contributed by atoms with Crippen LogP contribution in [0.1, 0.15) is 18.9 Å². The number of imidazole rings is 1. The first-order valence-corrected chi connectivity index (χ1v) is 8.90. The lowest BCUT2D eigenvalue weighted by molar-refractivity contribution is 0.602. The number of sulfone groups is 1. The van der Waals surface area contributed by atoms with E-state index in [-0.39, 0.29) is 0 Å². The van der Waals surface area contributed by atoms with Crippen LogP contribution in [0.5, 0.6) is 0 Å². The quantitative estimate of drug-likeness (QED) is 0.741. The summed E-state index contributed by atoms with van der Waals surface area (Å²) in [6.07, 6.45) is 8.31. The summed E-state index contributed by atoms with van der Waals surface area (Å²) >= 11 is 0. The minimum atomic E-state index is -3.24. The molecule has 1 aliphatic rings. The summed E-state index contributed by atoms with van der Waals surface area (Å²) in [7, 11) is -3.24. The van der Waals surface area contributed by atoms with Gasteiger partial charge in [0.05, 0.1) is 21.5 Å². The molecule has 1 saturated carbocycles. The van der Waals surface area contributed by atoms with E-state index in [1.807, 2.05) is 0 Å². The van der Waals surface area contributed by atoms with Crippen LogP contribution in [0, 0.1) is 0 Å². The van der Waals surface area contributed by atoms with Crippen LogP contribution < -0.4 is 0 Å². The van der Waals surface area contributed by atoms with Crippen molar-refractivity contribution >= 4 is 20.9 Å². The maximum absolute atomic E-state index is 11.8. The SMILES string of the molecule is CS(=O)(=O)c1ccc2nc(-c3cncnc3)n(C3CC3)c2c1. The number of nitrogens with zero attached hydrogens (tertiary/aromatic N) is 4. The fourth-order valence-corrected chi connectivity index (χ4v) is 3.26. The average Bonchev–Trinajstić information content (AvgIpc) is 3.26. The van der Waals surface area contributed by atoms with Gasteiger partial charge in [0.25, 0.3) is 0 Å². The molecule has 0 radical (unpaired) electrons. The molecule has 0 spiro atoms.